The summed E-state index contributed by atoms with van der Waals surface area (Å²) in [5.41, 5.74) is -0.311. The normalized spacial score (nSPS) is 24.7. The van der Waals surface area contributed by atoms with Crippen molar-refractivity contribution in [2.75, 3.05) is 18.5 Å². The number of hydrogen-bond acceptors (Lipinski definition) is 4. The van der Waals surface area contributed by atoms with Crippen molar-refractivity contribution >= 4 is 17.5 Å². The number of amides is 2. The maximum absolute atomic E-state index is 12.6. The molecule has 1 aliphatic carbocycles. The van der Waals surface area contributed by atoms with Gasteiger partial charge in [0.15, 0.2) is 0 Å². The first-order valence-electron chi connectivity index (χ1n) is 8.39. The number of ether oxygens (including phenoxy) is 1. The Bertz CT molecular complexity index is 667. The van der Waals surface area contributed by atoms with Gasteiger partial charge in [0.05, 0.1) is 12.3 Å². The summed E-state index contributed by atoms with van der Waals surface area (Å²) in [6.45, 7) is 3.79. The van der Waals surface area contributed by atoms with E-state index in [4.69, 9.17) is 4.74 Å². The van der Waals surface area contributed by atoms with E-state index in [9.17, 15) is 14.7 Å². The Labute approximate surface area is 141 Å². The summed E-state index contributed by atoms with van der Waals surface area (Å²) in [6, 6.07) is 5.43. The molecule has 0 aromatic heterocycles. The summed E-state index contributed by atoms with van der Waals surface area (Å²) in [6.07, 6.45) is 3.88. The second-order valence-corrected chi connectivity index (χ2v) is 7.14. The van der Waals surface area contributed by atoms with Crippen LogP contribution in [0.2, 0.25) is 0 Å². The van der Waals surface area contributed by atoms with E-state index in [1.165, 1.54) is 6.92 Å². The number of aliphatic hydroxyl groups is 1. The standard InChI is InChI=1S/C18H24N2O4/c1-12-5-6-14-13(9-12)20-16(23)17(2,24-14)15(22)19-10-18(11-21)7-3-4-8-18/h5-6,9,21H,3-4,7-8,10-11H2,1-2H3,(H,19,22)(H,20,23). The Morgan fingerprint density at radius 1 is 1.38 bits per heavy atom. The number of rotatable bonds is 4. The largest absolute Gasteiger partial charge is 0.466 e. The number of aryl methyl sites for hydroxylation is 1. The highest BCUT2D eigenvalue weighted by atomic mass is 16.5. The topological polar surface area (TPSA) is 87.7 Å². The lowest BCUT2D eigenvalue weighted by molar-refractivity contribution is -0.147. The van der Waals surface area contributed by atoms with Crippen molar-refractivity contribution in [2.45, 2.75) is 45.1 Å². The molecule has 6 nitrogen and oxygen atoms in total. The smallest absolute Gasteiger partial charge is 0.278 e. The predicted octanol–water partition coefficient (Wildman–Crippen LogP) is 1.75. The van der Waals surface area contributed by atoms with Crippen LogP contribution in [-0.2, 0) is 9.59 Å². The number of anilines is 1. The van der Waals surface area contributed by atoms with Gasteiger partial charge in [-0.2, -0.15) is 0 Å². The predicted molar refractivity (Wildman–Crippen MR) is 89.8 cm³/mol. The van der Waals surface area contributed by atoms with Crippen molar-refractivity contribution in [1.29, 1.82) is 0 Å². The van der Waals surface area contributed by atoms with Gasteiger partial charge in [-0.1, -0.05) is 18.9 Å². The van der Waals surface area contributed by atoms with E-state index in [1.54, 1.807) is 6.07 Å². The van der Waals surface area contributed by atoms with Gasteiger partial charge in [0.2, 0.25) is 0 Å². The SMILES string of the molecule is Cc1ccc2c(c1)NC(=O)C(C)(C(=O)NCC1(CO)CCCC1)O2. The third-order valence-corrected chi connectivity index (χ3v) is 5.19. The molecule has 1 aromatic rings. The third kappa shape index (κ3) is 2.86. The molecule has 1 aromatic carbocycles. The molecular formula is C18H24N2O4. The molecule has 24 heavy (non-hydrogen) atoms. The summed E-state index contributed by atoms with van der Waals surface area (Å²) < 4.78 is 5.74. The Kier molecular flexibility index (Phi) is 4.25. The van der Waals surface area contributed by atoms with Crippen LogP contribution in [0.1, 0.15) is 38.2 Å². The summed E-state index contributed by atoms with van der Waals surface area (Å²) in [5, 5.41) is 15.2. The van der Waals surface area contributed by atoms with Gasteiger partial charge in [-0.05, 0) is 44.4 Å². The first-order chi connectivity index (χ1) is 11.4. The number of hydrogen-bond donors (Lipinski definition) is 3. The van der Waals surface area contributed by atoms with Crippen LogP contribution in [0.5, 0.6) is 5.75 Å². The Morgan fingerprint density at radius 3 is 2.75 bits per heavy atom. The van der Waals surface area contributed by atoms with Crippen molar-refractivity contribution in [2.24, 2.45) is 5.41 Å². The first kappa shape index (κ1) is 16.8. The summed E-state index contributed by atoms with van der Waals surface area (Å²) in [4.78, 5) is 25.1. The molecule has 1 atom stereocenters. The average molecular weight is 332 g/mol. The van der Waals surface area contributed by atoms with Crippen molar-refractivity contribution in [3.63, 3.8) is 0 Å². The molecule has 130 valence electrons. The molecule has 0 spiro atoms. The number of carbonyl (C=O) groups excluding carboxylic acids is 2. The fourth-order valence-electron chi connectivity index (χ4n) is 3.44. The lowest BCUT2D eigenvalue weighted by Gasteiger charge is -2.35. The average Bonchev–Trinajstić information content (AvgIpc) is 3.03. The second kappa shape index (κ2) is 6.09. The van der Waals surface area contributed by atoms with Gasteiger partial charge in [-0.3, -0.25) is 9.59 Å². The third-order valence-electron chi connectivity index (χ3n) is 5.19. The first-order valence-corrected chi connectivity index (χ1v) is 8.39. The van der Waals surface area contributed by atoms with Crippen LogP contribution in [0.3, 0.4) is 0 Å². The van der Waals surface area contributed by atoms with E-state index in [1.807, 2.05) is 19.1 Å². The van der Waals surface area contributed by atoms with Crippen LogP contribution in [0.15, 0.2) is 18.2 Å². The van der Waals surface area contributed by atoms with E-state index < -0.39 is 17.4 Å². The van der Waals surface area contributed by atoms with Crippen molar-refractivity contribution < 1.29 is 19.4 Å². The molecule has 0 saturated heterocycles. The lowest BCUT2D eigenvalue weighted by Crippen LogP contribution is -2.59. The van der Waals surface area contributed by atoms with Crippen LogP contribution in [-0.4, -0.2) is 35.7 Å². The van der Waals surface area contributed by atoms with Gasteiger partial charge >= 0.3 is 0 Å². The highest BCUT2D eigenvalue weighted by Gasteiger charge is 2.48. The number of nitrogens with one attached hydrogen (secondary N) is 2. The maximum Gasteiger partial charge on any atom is 0.278 e. The van der Waals surface area contributed by atoms with Crippen molar-refractivity contribution in [3.8, 4) is 5.75 Å². The van der Waals surface area contributed by atoms with E-state index in [0.29, 0.717) is 18.0 Å². The summed E-state index contributed by atoms with van der Waals surface area (Å²) in [5.74, 6) is -0.482. The number of fused-ring (bicyclic) bond motifs is 1. The van der Waals surface area contributed by atoms with Gasteiger partial charge in [0.25, 0.3) is 17.4 Å². The summed E-state index contributed by atoms with van der Waals surface area (Å²) in [7, 11) is 0. The molecule has 2 amide bonds. The minimum Gasteiger partial charge on any atom is -0.466 e. The van der Waals surface area contributed by atoms with Crippen molar-refractivity contribution in [1.82, 2.24) is 5.32 Å². The van der Waals surface area contributed by atoms with Gasteiger partial charge < -0.3 is 20.5 Å². The molecule has 3 rings (SSSR count). The highest BCUT2D eigenvalue weighted by molar-refractivity contribution is 6.15. The molecule has 0 radical (unpaired) electrons. The molecule has 1 saturated carbocycles. The number of aliphatic hydroxyl groups excluding tert-OH is 1. The van der Waals surface area contributed by atoms with E-state index >= 15 is 0 Å². The molecular weight excluding hydrogens is 308 g/mol. The minimum absolute atomic E-state index is 0.0408. The maximum atomic E-state index is 12.6. The van der Waals surface area contributed by atoms with Crippen LogP contribution in [0, 0.1) is 12.3 Å². The highest BCUT2D eigenvalue weighted by Crippen LogP contribution is 2.38. The lowest BCUT2D eigenvalue weighted by atomic mass is 9.87. The molecule has 1 fully saturated rings. The van der Waals surface area contributed by atoms with Gasteiger partial charge in [-0.15, -0.1) is 0 Å². The minimum atomic E-state index is -1.61. The number of benzene rings is 1. The second-order valence-electron chi connectivity index (χ2n) is 7.14. The molecule has 1 unspecified atom stereocenters. The Morgan fingerprint density at radius 2 is 2.08 bits per heavy atom. The fourth-order valence-corrected chi connectivity index (χ4v) is 3.44. The molecule has 1 aliphatic heterocycles. The van der Waals surface area contributed by atoms with Gasteiger partial charge in [-0.25, -0.2) is 0 Å². The fraction of sp³-hybridized carbons (Fsp3) is 0.556. The molecule has 3 N–H and O–H groups in total. The van der Waals surface area contributed by atoms with Gasteiger partial charge in [0, 0.05) is 12.0 Å². The zero-order chi connectivity index (χ0) is 17.4. The molecule has 2 aliphatic rings. The quantitative estimate of drug-likeness (QED) is 0.733. The Hall–Kier alpha value is -2.08. The van der Waals surface area contributed by atoms with Crippen LogP contribution >= 0.6 is 0 Å². The number of carbonyl (C=O) groups is 2. The van der Waals surface area contributed by atoms with Crippen LogP contribution in [0.25, 0.3) is 0 Å². The zero-order valence-electron chi connectivity index (χ0n) is 14.1. The molecule has 1 heterocycles. The van der Waals surface area contributed by atoms with Crippen molar-refractivity contribution in [3.05, 3.63) is 23.8 Å². The van der Waals surface area contributed by atoms with Gasteiger partial charge in [0.1, 0.15) is 5.75 Å². The monoisotopic (exact) mass is 332 g/mol. The molecule has 6 heteroatoms. The summed E-state index contributed by atoms with van der Waals surface area (Å²) >= 11 is 0. The van der Waals surface area contributed by atoms with Crippen LogP contribution in [0.4, 0.5) is 5.69 Å². The van der Waals surface area contributed by atoms with E-state index in [-0.39, 0.29) is 12.0 Å². The molecule has 0 bridgehead atoms. The van der Waals surface area contributed by atoms with Crippen LogP contribution < -0.4 is 15.4 Å². The van der Waals surface area contributed by atoms with E-state index in [2.05, 4.69) is 10.6 Å². The Balaban J connectivity index is 1.74. The van der Waals surface area contributed by atoms with E-state index in [0.717, 1.165) is 31.2 Å². The zero-order valence-corrected chi connectivity index (χ0v) is 14.1.